The second-order valence-electron chi connectivity index (χ2n) is 7.00. The molecule has 0 aliphatic heterocycles. The Morgan fingerprint density at radius 3 is 0.700 bits per heavy atom. The fraction of sp³-hybridized carbons (Fsp3) is 0. The highest BCUT2D eigenvalue weighted by atomic mass is 15.0. The molecule has 0 heterocycles. The van der Waals surface area contributed by atoms with Gasteiger partial charge in [-0.05, 0) is 48.5 Å². The molecule has 4 aromatic rings. The number of hydrogen-bond donors (Lipinski definition) is 4. The first-order valence-corrected chi connectivity index (χ1v) is 10.1. The molecule has 0 atom stereocenters. The fourth-order valence-electron chi connectivity index (χ4n) is 3.26. The first kappa shape index (κ1) is 19.5. The van der Waals surface area contributed by atoms with Crippen molar-refractivity contribution in [3.05, 3.63) is 121 Å². The number of rotatable bonds is 9. The maximum atomic E-state index is 3.63. The Morgan fingerprint density at radius 1 is 0.300 bits per heavy atom. The van der Waals surface area contributed by atoms with Gasteiger partial charge >= 0.3 is 13.7 Å². The minimum atomic E-state index is -0.143. The molecule has 0 saturated carbocycles. The summed E-state index contributed by atoms with van der Waals surface area (Å²) in [5.41, 5.74) is 4.17. The van der Waals surface area contributed by atoms with Crippen molar-refractivity contribution in [1.82, 2.24) is 0 Å². The van der Waals surface area contributed by atoms with Crippen molar-refractivity contribution in [2.75, 3.05) is 20.9 Å². The molecular formula is C24H24B2N4. The van der Waals surface area contributed by atoms with Crippen LogP contribution in [0.25, 0.3) is 0 Å². The van der Waals surface area contributed by atoms with Crippen LogP contribution in [-0.2, 0) is 0 Å². The Hall–Kier alpha value is -3.79. The lowest BCUT2D eigenvalue weighted by atomic mass is 9.34. The highest BCUT2D eigenvalue weighted by Gasteiger charge is 2.34. The van der Waals surface area contributed by atoms with Crippen molar-refractivity contribution in [1.29, 1.82) is 0 Å². The fourth-order valence-corrected chi connectivity index (χ4v) is 3.26. The predicted molar refractivity (Wildman–Crippen MR) is 132 cm³/mol. The summed E-state index contributed by atoms with van der Waals surface area (Å²) in [6.07, 6.45) is 0. The Labute approximate surface area is 179 Å². The molecule has 0 unspecified atom stereocenters. The van der Waals surface area contributed by atoms with Gasteiger partial charge in [-0.15, -0.1) is 0 Å². The molecule has 0 aliphatic carbocycles. The van der Waals surface area contributed by atoms with Gasteiger partial charge in [0.15, 0.2) is 0 Å². The molecule has 30 heavy (non-hydrogen) atoms. The molecule has 4 N–H and O–H groups in total. The lowest BCUT2D eigenvalue weighted by Gasteiger charge is -2.27. The van der Waals surface area contributed by atoms with Gasteiger partial charge in [0, 0.05) is 22.7 Å². The number of hydrogen-bond acceptors (Lipinski definition) is 4. The van der Waals surface area contributed by atoms with E-state index in [-0.39, 0.29) is 13.7 Å². The number of nitrogens with one attached hydrogen (secondary N) is 4. The van der Waals surface area contributed by atoms with Gasteiger partial charge in [0.2, 0.25) is 0 Å². The molecule has 0 bridgehead atoms. The van der Waals surface area contributed by atoms with Crippen molar-refractivity contribution in [3.8, 4) is 0 Å². The smallest absolute Gasteiger partial charge is 0.385 e. The topological polar surface area (TPSA) is 48.1 Å². The van der Waals surface area contributed by atoms with Crippen LogP contribution in [0, 0.1) is 0 Å². The average Bonchev–Trinajstić information content (AvgIpc) is 2.81. The van der Waals surface area contributed by atoms with Gasteiger partial charge in [0.05, 0.1) is 0 Å². The van der Waals surface area contributed by atoms with E-state index in [1.807, 2.05) is 72.8 Å². The van der Waals surface area contributed by atoms with Gasteiger partial charge in [-0.2, -0.15) is 0 Å². The Bertz CT molecular complexity index is 834. The summed E-state index contributed by atoms with van der Waals surface area (Å²) in [7, 11) is 0. The second-order valence-corrected chi connectivity index (χ2v) is 7.00. The van der Waals surface area contributed by atoms with Gasteiger partial charge in [0.1, 0.15) is 0 Å². The number of benzene rings is 4. The second kappa shape index (κ2) is 10.1. The van der Waals surface area contributed by atoms with Gasteiger partial charge in [-0.1, -0.05) is 72.8 Å². The highest BCUT2D eigenvalue weighted by Crippen LogP contribution is 2.15. The molecule has 0 spiro atoms. The van der Waals surface area contributed by atoms with Gasteiger partial charge in [0.25, 0.3) is 0 Å². The standard InChI is InChI=1S/C24H24B2N4/c1-5-13-21(14-6-1)27-25(28-22-15-7-2-8-16-22)26(29-23-17-9-3-10-18-23)30-24-19-11-4-12-20-24/h1-20,27-30H. The maximum Gasteiger partial charge on any atom is 0.385 e. The van der Waals surface area contributed by atoms with Crippen LogP contribution in [-0.4, -0.2) is 13.7 Å². The van der Waals surface area contributed by atoms with Crippen LogP contribution in [0.15, 0.2) is 121 Å². The molecule has 0 aromatic heterocycles. The van der Waals surface area contributed by atoms with E-state index in [1.165, 1.54) is 0 Å². The van der Waals surface area contributed by atoms with Crippen LogP contribution < -0.4 is 20.9 Å². The Kier molecular flexibility index (Phi) is 6.59. The summed E-state index contributed by atoms with van der Waals surface area (Å²) in [4.78, 5) is 0. The van der Waals surface area contributed by atoms with E-state index >= 15 is 0 Å². The van der Waals surface area contributed by atoms with Crippen LogP contribution >= 0.6 is 0 Å². The first-order chi connectivity index (χ1) is 14.9. The number of anilines is 4. The van der Waals surface area contributed by atoms with Gasteiger partial charge in [-0.3, -0.25) is 0 Å². The van der Waals surface area contributed by atoms with Gasteiger partial charge in [-0.25, -0.2) is 0 Å². The third-order valence-electron chi connectivity index (χ3n) is 4.72. The van der Waals surface area contributed by atoms with E-state index in [2.05, 4.69) is 69.4 Å². The lowest BCUT2D eigenvalue weighted by Crippen LogP contribution is -2.58. The highest BCUT2D eigenvalue weighted by molar-refractivity contribution is 7.27. The quantitative estimate of drug-likeness (QED) is 0.286. The molecule has 146 valence electrons. The first-order valence-electron chi connectivity index (χ1n) is 10.1. The normalized spacial score (nSPS) is 10.0. The van der Waals surface area contributed by atoms with Crippen LogP contribution in [0.1, 0.15) is 0 Å². The SMILES string of the molecule is c1ccc(NB(Nc2ccccc2)B(Nc2ccccc2)Nc2ccccc2)cc1. The van der Waals surface area contributed by atoms with Crippen LogP contribution in [0.2, 0.25) is 0 Å². The molecule has 0 fully saturated rings. The minimum Gasteiger partial charge on any atom is -0.412 e. The van der Waals surface area contributed by atoms with Crippen molar-refractivity contribution in [3.63, 3.8) is 0 Å². The third-order valence-corrected chi connectivity index (χ3v) is 4.72. The van der Waals surface area contributed by atoms with E-state index in [4.69, 9.17) is 0 Å². The Morgan fingerprint density at radius 2 is 0.500 bits per heavy atom. The molecule has 0 saturated heterocycles. The van der Waals surface area contributed by atoms with Crippen molar-refractivity contribution >= 4 is 36.5 Å². The zero-order chi connectivity index (χ0) is 20.4. The monoisotopic (exact) mass is 390 g/mol. The van der Waals surface area contributed by atoms with Crippen LogP contribution in [0.3, 0.4) is 0 Å². The van der Waals surface area contributed by atoms with E-state index in [9.17, 15) is 0 Å². The maximum absolute atomic E-state index is 3.63. The summed E-state index contributed by atoms with van der Waals surface area (Å²) in [5.74, 6) is 0. The molecule has 0 radical (unpaired) electrons. The molecule has 4 aromatic carbocycles. The summed E-state index contributed by atoms with van der Waals surface area (Å²) in [5, 5.41) is 14.5. The molecule has 0 aliphatic rings. The largest absolute Gasteiger partial charge is 0.412 e. The molecular weight excluding hydrogens is 366 g/mol. The van der Waals surface area contributed by atoms with E-state index in [0.717, 1.165) is 22.7 Å². The number of para-hydroxylation sites is 4. The summed E-state index contributed by atoms with van der Waals surface area (Å²) < 4.78 is 0. The van der Waals surface area contributed by atoms with Crippen molar-refractivity contribution in [2.24, 2.45) is 0 Å². The predicted octanol–water partition coefficient (Wildman–Crippen LogP) is 5.49. The van der Waals surface area contributed by atoms with E-state index < -0.39 is 0 Å². The van der Waals surface area contributed by atoms with Crippen LogP contribution in [0.5, 0.6) is 0 Å². The summed E-state index contributed by atoms with van der Waals surface area (Å²) in [6.45, 7) is -0.287. The lowest BCUT2D eigenvalue weighted by molar-refractivity contribution is 1.59. The zero-order valence-corrected chi connectivity index (χ0v) is 16.7. The van der Waals surface area contributed by atoms with Gasteiger partial charge < -0.3 is 20.9 Å². The molecule has 0 amide bonds. The summed E-state index contributed by atoms with van der Waals surface area (Å²) in [6, 6.07) is 40.9. The minimum absolute atomic E-state index is 0.143. The summed E-state index contributed by atoms with van der Waals surface area (Å²) >= 11 is 0. The van der Waals surface area contributed by atoms with Crippen molar-refractivity contribution < 1.29 is 0 Å². The Balaban J connectivity index is 1.64. The third kappa shape index (κ3) is 5.61. The van der Waals surface area contributed by atoms with Crippen LogP contribution in [0.4, 0.5) is 22.7 Å². The molecule has 4 rings (SSSR count). The van der Waals surface area contributed by atoms with E-state index in [1.54, 1.807) is 0 Å². The van der Waals surface area contributed by atoms with E-state index in [0.29, 0.717) is 0 Å². The zero-order valence-electron chi connectivity index (χ0n) is 16.7. The molecule has 4 nitrogen and oxygen atoms in total. The molecule has 6 heteroatoms. The average molecular weight is 390 g/mol. The van der Waals surface area contributed by atoms with Crippen molar-refractivity contribution in [2.45, 2.75) is 0 Å².